The summed E-state index contributed by atoms with van der Waals surface area (Å²) in [5.41, 5.74) is 4.62. The molecule has 1 aliphatic rings. The van der Waals surface area contributed by atoms with Crippen molar-refractivity contribution in [2.45, 2.75) is 40.0 Å². The zero-order valence-corrected chi connectivity index (χ0v) is 17.0. The topological polar surface area (TPSA) is 43.4 Å². The molecule has 0 N–H and O–H groups in total. The maximum atomic E-state index is 13.2. The highest BCUT2D eigenvalue weighted by atomic mass is 16.5. The number of rotatable bonds is 4. The van der Waals surface area contributed by atoms with Gasteiger partial charge in [0.2, 0.25) is 0 Å². The van der Waals surface area contributed by atoms with Crippen molar-refractivity contribution in [2.24, 2.45) is 5.92 Å². The summed E-state index contributed by atoms with van der Waals surface area (Å²) in [6.45, 7) is 25.8. The van der Waals surface area contributed by atoms with E-state index < -0.39 is 17.3 Å². The molecule has 1 aromatic rings. The fraction of sp³-hybridized carbons (Fsp3) is 0.333. The van der Waals surface area contributed by atoms with Crippen LogP contribution in [-0.4, -0.2) is 18.4 Å². The molecule has 27 heavy (non-hydrogen) atoms. The normalized spacial score (nSPS) is 22.8. The summed E-state index contributed by atoms with van der Waals surface area (Å²) in [6.07, 6.45) is 0. The summed E-state index contributed by atoms with van der Waals surface area (Å²) in [5.74, 6) is -1.60. The Kier molecular flexibility index (Phi) is 5.46. The van der Waals surface area contributed by atoms with E-state index in [9.17, 15) is 9.59 Å². The lowest BCUT2D eigenvalue weighted by Gasteiger charge is -2.46. The van der Waals surface area contributed by atoms with E-state index in [-0.39, 0.29) is 12.4 Å². The molecule has 1 aromatic carbocycles. The zero-order valence-electron chi connectivity index (χ0n) is 17.0. The number of benzene rings is 1. The highest BCUT2D eigenvalue weighted by Gasteiger charge is 2.56. The van der Waals surface area contributed by atoms with Gasteiger partial charge in [0.25, 0.3) is 0 Å². The van der Waals surface area contributed by atoms with E-state index in [1.807, 2.05) is 32.9 Å². The molecule has 0 radical (unpaired) electrons. The highest BCUT2D eigenvalue weighted by Crippen LogP contribution is 2.54. The first-order valence-corrected chi connectivity index (χ1v) is 9.05. The molecule has 0 aliphatic heterocycles. The van der Waals surface area contributed by atoms with Crippen molar-refractivity contribution in [1.82, 2.24) is 0 Å². The third kappa shape index (κ3) is 2.82. The van der Waals surface area contributed by atoms with Crippen molar-refractivity contribution in [3.8, 4) is 0 Å². The molecule has 1 saturated carbocycles. The van der Waals surface area contributed by atoms with E-state index in [4.69, 9.17) is 4.74 Å². The quantitative estimate of drug-likeness (QED) is 0.717. The van der Waals surface area contributed by atoms with Crippen LogP contribution in [0.4, 0.5) is 0 Å². The minimum absolute atomic E-state index is 0.188. The van der Waals surface area contributed by atoms with Gasteiger partial charge in [0.1, 0.15) is 11.7 Å². The van der Waals surface area contributed by atoms with Gasteiger partial charge in [-0.2, -0.15) is 0 Å². The maximum absolute atomic E-state index is 13.2. The number of ketones is 1. The Morgan fingerprint density at radius 1 is 1.04 bits per heavy atom. The molecule has 0 bridgehead atoms. The lowest BCUT2D eigenvalue weighted by Crippen LogP contribution is -2.52. The van der Waals surface area contributed by atoms with E-state index in [0.717, 1.165) is 22.3 Å². The van der Waals surface area contributed by atoms with Gasteiger partial charge in [-0.25, -0.2) is 0 Å². The molecule has 3 heteroatoms. The van der Waals surface area contributed by atoms with Crippen LogP contribution in [0.15, 0.2) is 60.7 Å². The largest absolute Gasteiger partial charge is 0.465 e. The number of ether oxygens (including phenoxy) is 1. The summed E-state index contributed by atoms with van der Waals surface area (Å²) in [6, 6.07) is 3.87. The van der Waals surface area contributed by atoms with Crippen LogP contribution >= 0.6 is 0 Å². The summed E-state index contributed by atoms with van der Waals surface area (Å²) in [4.78, 5) is 26.2. The van der Waals surface area contributed by atoms with Crippen molar-refractivity contribution in [1.29, 1.82) is 0 Å². The first-order chi connectivity index (χ1) is 12.5. The highest BCUT2D eigenvalue weighted by molar-refractivity contribution is 6.02. The number of hydrogen-bond acceptors (Lipinski definition) is 3. The van der Waals surface area contributed by atoms with Gasteiger partial charge in [-0.05, 0) is 79.2 Å². The van der Waals surface area contributed by atoms with Crippen LogP contribution in [0.1, 0.15) is 36.1 Å². The summed E-state index contributed by atoms with van der Waals surface area (Å²) in [5, 5.41) is 0. The molecule has 0 heterocycles. The van der Waals surface area contributed by atoms with Gasteiger partial charge in [-0.15, -0.1) is 0 Å². The van der Waals surface area contributed by atoms with Crippen LogP contribution in [0.3, 0.4) is 0 Å². The zero-order chi connectivity index (χ0) is 20.7. The Labute approximate surface area is 162 Å². The second kappa shape index (κ2) is 7.15. The molecule has 1 fully saturated rings. The maximum Gasteiger partial charge on any atom is 0.315 e. The second-order valence-electron chi connectivity index (χ2n) is 7.19. The molecular weight excluding hydrogens is 336 g/mol. The van der Waals surface area contributed by atoms with E-state index in [1.165, 1.54) is 6.92 Å². The lowest BCUT2D eigenvalue weighted by molar-refractivity contribution is -0.150. The summed E-state index contributed by atoms with van der Waals surface area (Å²) >= 11 is 0. The molecule has 2 rings (SSSR count). The Morgan fingerprint density at radius 2 is 1.63 bits per heavy atom. The molecular formula is C24H28O3. The van der Waals surface area contributed by atoms with Gasteiger partial charge in [0.15, 0.2) is 0 Å². The fourth-order valence-electron chi connectivity index (χ4n) is 4.08. The van der Waals surface area contributed by atoms with Crippen LogP contribution in [0.25, 0.3) is 0 Å². The third-order valence-corrected chi connectivity index (χ3v) is 5.93. The molecule has 0 saturated heterocycles. The average molecular weight is 364 g/mol. The van der Waals surface area contributed by atoms with E-state index in [2.05, 4.69) is 26.3 Å². The van der Waals surface area contributed by atoms with E-state index in [1.54, 1.807) is 6.92 Å². The predicted octanol–water partition coefficient (Wildman–Crippen LogP) is 4.86. The first-order valence-electron chi connectivity index (χ1n) is 9.05. The van der Waals surface area contributed by atoms with Crippen molar-refractivity contribution < 1.29 is 14.3 Å². The van der Waals surface area contributed by atoms with Crippen LogP contribution in [0.5, 0.6) is 0 Å². The lowest BCUT2D eigenvalue weighted by atomic mass is 9.54. The second-order valence-corrected chi connectivity index (χ2v) is 7.19. The van der Waals surface area contributed by atoms with Crippen LogP contribution in [0, 0.1) is 26.7 Å². The number of carbonyl (C=O) groups is 2. The Bertz CT molecular complexity index is 900. The number of esters is 1. The van der Waals surface area contributed by atoms with E-state index >= 15 is 0 Å². The SMILES string of the molecule is C=C1C(=C)C(=C)C(C(C)=O)(c2ccc(C)c(C)c2C)C(C(=O)OCC)C1=C. The number of hydrogen-bond donors (Lipinski definition) is 0. The van der Waals surface area contributed by atoms with Crippen molar-refractivity contribution in [2.75, 3.05) is 6.61 Å². The Morgan fingerprint density at radius 3 is 2.15 bits per heavy atom. The molecule has 0 spiro atoms. The minimum atomic E-state index is -1.30. The van der Waals surface area contributed by atoms with Crippen LogP contribution < -0.4 is 0 Å². The molecule has 1 aliphatic carbocycles. The summed E-state index contributed by atoms with van der Waals surface area (Å²) < 4.78 is 5.34. The molecule has 3 nitrogen and oxygen atoms in total. The van der Waals surface area contributed by atoms with Gasteiger partial charge >= 0.3 is 5.97 Å². The predicted molar refractivity (Wildman–Crippen MR) is 110 cm³/mol. The molecule has 2 atom stereocenters. The standard InChI is InChI=1S/C24H28O3/c1-10-27-23(26)22-18(7)15(4)16(5)19(8)24(22,20(9)25)21-12-11-13(2)14(3)17(21)6/h11-12,22H,4-5,7-8,10H2,1-3,6,9H3. The van der Waals surface area contributed by atoms with Gasteiger partial charge in [-0.1, -0.05) is 38.4 Å². The first kappa shape index (κ1) is 20.6. The van der Waals surface area contributed by atoms with Crippen molar-refractivity contribution in [3.05, 3.63) is 83.0 Å². The summed E-state index contributed by atoms with van der Waals surface area (Å²) in [7, 11) is 0. The molecule has 0 amide bonds. The fourth-order valence-corrected chi connectivity index (χ4v) is 4.08. The monoisotopic (exact) mass is 364 g/mol. The number of allylic oxidation sites excluding steroid dienone is 3. The minimum Gasteiger partial charge on any atom is -0.465 e. The molecule has 0 aromatic heterocycles. The van der Waals surface area contributed by atoms with E-state index in [0.29, 0.717) is 22.3 Å². The number of carbonyl (C=O) groups excluding carboxylic acids is 2. The van der Waals surface area contributed by atoms with Gasteiger partial charge in [0, 0.05) is 0 Å². The van der Waals surface area contributed by atoms with Crippen LogP contribution in [-0.2, 0) is 19.7 Å². The van der Waals surface area contributed by atoms with Crippen molar-refractivity contribution >= 4 is 11.8 Å². The average Bonchev–Trinajstić information content (AvgIpc) is 2.61. The third-order valence-electron chi connectivity index (χ3n) is 5.93. The number of Topliss-reactive ketones (excluding diaryl/α,β-unsaturated/α-hetero) is 1. The molecule has 142 valence electrons. The van der Waals surface area contributed by atoms with Gasteiger partial charge < -0.3 is 4.74 Å². The Balaban J connectivity index is 2.97. The smallest absolute Gasteiger partial charge is 0.315 e. The van der Waals surface area contributed by atoms with Crippen LogP contribution in [0.2, 0.25) is 0 Å². The molecule has 2 unspecified atom stereocenters. The van der Waals surface area contributed by atoms with Gasteiger partial charge in [-0.3, -0.25) is 9.59 Å². The van der Waals surface area contributed by atoms with Gasteiger partial charge in [0.05, 0.1) is 12.0 Å². The number of aryl methyl sites for hydroxylation is 1. The Hall–Kier alpha value is -2.68. The van der Waals surface area contributed by atoms with Crippen molar-refractivity contribution in [3.63, 3.8) is 0 Å².